The highest BCUT2D eigenvalue weighted by Crippen LogP contribution is 2.20. The van der Waals surface area contributed by atoms with Crippen molar-refractivity contribution in [1.82, 2.24) is 4.31 Å². The number of urea groups is 1. The van der Waals surface area contributed by atoms with Crippen molar-refractivity contribution in [3.05, 3.63) is 30.3 Å². The van der Waals surface area contributed by atoms with E-state index in [1.807, 2.05) is 18.2 Å². The van der Waals surface area contributed by atoms with E-state index in [0.29, 0.717) is 0 Å². The quantitative estimate of drug-likeness (QED) is 0.385. The highest BCUT2D eigenvalue weighted by Gasteiger charge is 2.14. The number of nitrogens with zero attached hydrogens (tertiary/aromatic N) is 1. The van der Waals surface area contributed by atoms with Crippen LogP contribution >= 0.6 is 11.9 Å². The summed E-state index contributed by atoms with van der Waals surface area (Å²) in [5.41, 5.74) is 10.2. The second kappa shape index (κ2) is 4.52. The average molecular weight is 210 g/mol. The maximum atomic E-state index is 10.9. The minimum atomic E-state index is -0.758. The highest BCUT2D eigenvalue weighted by atomic mass is 32.2. The monoisotopic (exact) mass is 210 g/mol. The number of benzene rings is 1. The molecule has 0 aliphatic heterocycles. The van der Waals surface area contributed by atoms with Crippen LogP contribution in [0.15, 0.2) is 35.2 Å². The number of amides is 2. The fraction of sp³-hybridized carbons (Fsp3) is 0. The molecule has 0 spiro atoms. The molecule has 0 bridgehead atoms. The van der Waals surface area contributed by atoms with Crippen LogP contribution in [0.5, 0.6) is 0 Å². The molecular formula is C8H10N4OS. The van der Waals surface area contributed by atoms with Crippen molar-refractivity contribution in [2.24, 2.45) is 11.5 Å². The van der Waals surface area contributed by atoms with Crippen LogP contribution in [0.4, 0.5) is 4.79 Å². The third-order valence-corrected chi connectivity index (χ3v) is 2.40. The van der Waals surface area contributed by atoms with Crippen LogP contribution in [0.2, 0.25) is 0 Å². The minimum absolute atomic E-state index is 0.383. The molecule has 0 saturated heterocycles. The highest BCUT2D eigenvalue weighted by molar-refractivity contribution is 7.98. The fourth-order valence-electron chi connectivity index (χ4n) is 0.800. The van der Waals surface area contributed by atoms with Gasteiger partial charge in [0.15, 0.2) is 0 Å². The molecule has 0 aromatic heterocycles. The molecule has 0 aliphatic rings. The van der Waals surface area contributed by atoms with Gasteiger partial charge in [-0.2, -0.15) is 0 Å². The lowest BCUT2D eigenvalue weighted by atomic mass is 10.4. The molecule has 0 aliphatic carbocycles. The summed E-state index contributed by atoms with van der Waals surface area (Å²) < 4.78 is 0.912. The standard InChI is InChI=1S/C8H10N4OS/c9-7(10)12(8(11)13)14-6-4-2-1-3-5-6/h1-5H,(H3,9,10)(H2,11,13). The Hall–Kier alpha value is -1.69. The smallest absolute Gasteiger partial charge is 0.332 e. The van der Waals surface area contributed by atoms with Gasteiger partial charge in [-0.3, -0.25) is 5.41 Å². The molecular weight excluding hydrogens is 200 g/mol. The van der Waals surface area contributed by atoms with Gasteiger partial charge in [0.1, 0.15) is 0 Å². The number of carbonyl (C=O) groups is 1. The summed E-state index contributed by atoms with van der Waals surface area (Å²) in [6.45, 7) is 0. The van der Waals surface area contributed by atoms with Gasteiger partial charge in [-0.05, 0) is 24.1 Å². The number of nitrogens with two attached hydrogens (primary N) is 2. The maximum absolute atomic E-state index is 10.9. The molecule has 5 N–H and O–H groups in total. The summed E-state index contributed by atoms with van der Waals surface area (Å²) in [6.07, 6.45) is 0. The van der Waals surface area contributed by atoms with E-state index in [-0.39, 0.29) is 5.96 Å². The van der Waals surface area contributed by atoms with Gasteiger partial charge < -0.3 is 11.5 Å². The van der Waals surface area contributed by atoms with Crippen LogP contribution in [0, 0.1) is 5.41 Å². The van der Waals surface area contributed by atoms with Gasteiger partial charge in [0.25, 0.3) is 0 Å². The Morgan fingerprint density at radius 2 is 1.86 bits per heavy atom. The Labute approximate surface area is 85.7 Å². The normalized spacial score (nSPS) is 9.43. The lowest BCUT2D eigenvalue weighted by Gasteiger charge is -2.15. The first-order valence-corrected chi connectivity index (χ1v) is 4.55. The van der Waals surface area contributed by atoms with Crippen LogP contribution in [0.3, 0.4) is 0 Å². The van der Waals surface area contributed by atoms with Gasteiger partial charge in [0.2, 0.25) is 5.96 Å². The van der Waals surface area contributed by atoms with Gasteiger partial charge in [-0.15, -0.1) is 0 Å². The van der Waals surface area contributed by atoms with Crippen LogP contribution in [-0.2, 0) is 0 Å². The molecule has 0 saturated carbocycles. The summed E-state index contributed by atoms with van der Waals surface area (Å²) in [4.78, 5) is 11.6. The maximum Gasteiger partial charge on any atom is 0.332 e. The first kappa shape index (κ1) is 10.4. The molecule has 0 unspecified atom stereocenters. The van der Waals surface area contributed by atoms with Crippen molar-refractivity contribution >= 4 is 23.9 Å². The minimum Gasteiger partial charge on any atom is -0.369 e. The number of hydrogen-bond donors (Lipinski definition) is 3. The molecule has 0 atom stereocenters. The summed E-state index contributed by atoms with van der Waals surface area (Å²) in [7, 11) is 0. The van der Waals surface area contributed by atoms with Crippen LogP contribution in [0.25, 0.3) is 0 Å². The summed E-state index contributed by atoms with van der Waals surface area (Å²) in [6, 6.07) is 8.33. The van der Waals surface area contributed by atoms with E-state index in [0.717, 1.165) is 21.1 Å². The number of guanidine groups is 1. The summed E-state index contributed by atoms with van der Waals surface area (Å²) >= 11 is 1.01. The lowest BCUT2D eigenvalue weighted by molar-refractivity contribution is 0.244. The van der Waals surface area contributed by atoms with E-state index in [1.54, 1.807) is 12.1 Å². The van der Waals surface area contributed by atoms with E-state index < -0.39 is 6.03 Å². The topological polar surface area (TPSA) is 96.2 Å². The van der Waals surface area contributed by atoms with Gasteiger partial charge in [0, 0.05) is 4.90 Å². The SMILES string of the molecule is N=C(N)N(Sc1ccccc1)C(N)=O. The van der Waals surface area contributed by atoms with E-state index in [4.69, 9.17) is 16.9 Å². The molecule has 14 heavy (non-hydrogen) atoms. The first-order chi connectivity index (χ1) is 6.61. The Balaban J connectivity index is 2.75. The largest absolute Gasteiger partial charge is 0.369 e. The average Bonchev–Trinajstić information content (AvgIpc) is 2.15. The Kier molecular flexibility index (Phi) is 3.35. The van der Waals surface area contributed by atoms with Crippen molar-refractivity contribution in [3.8, 4) is 0 Å². The number of primary amides is 1. The molecule has 2 amide bonds. The predicted molar refractivity (Wildman–Crippen MR) is 55.6 cm³/mol. The number of hydrogen-bond acceptors (Lipinski definition) is 3. The molecule has 74 valence electrons. The second-order valence-electron chi connectivity index (χ2n) is 2.42. The van der Waals surface area contributed by atoms with E-state index in [9.17, 15) is 4.79 Å². The van der Waals surface area contributed by atoms with E-state index in [2.05, 4.69) is 0 Å². The van der Waals surface area contributed by atoms with Crippen molar-refractivity contribution < 1.29 is 4.79 Å². The van der Waals surface area contributed by atoms with Crippen LogP contribution < -0.4 is 11.5 Å². The molecule has 5 nitrogen and oxygen atoms in total. The van der Waals surface area contributed by atoms with E-state index >= 15 is 0 Å². The Morgan fingerprint density at radius 1 is 1.29 bits per heavy atom. The van der Waals surface area contributed by atoms with Crippen molar-refractivity contribution in [1.29, 1.82) is 5.41 Å². The third-order valence-electron chi connectivity index (χ3n) is 1.36. The van der Waals surface area contributed by atoms with Crippen LogP contribution in [-0.4, -0.2) is 16.3 Å². The number of rotatable bonds is 2. The third kappa shape index (κ3) is 2.67. The molecule has 0 radical (unpaired) electrons. The zero-order valence-electron chi connectivity index (χ0n) is 7.31. The summed E-state index contributed by atoms with van der Waals surface area (Å²) in [5, 5.41) is 7.11. The molecule has 1 rings (SSSR count). The van der Waals surface area contributed by atoms with Gasteiger partial charge >= 0.3 is 6.03 Å². The number of nitrogens with one attached hydrogen (secondary N) is 1. The molecule has 0 fully saturated rings. The Bertz CT molecular complexity index is 326. The van der Waals surface area contributed by atoms with Crippen molar-refractivity contribution in [2.75, 3.05) is 0 Å². The van der Waals surface area contributed by atoms with Gasteiger partial charge in [0.05, 0.1) is 0 Å². The Morgan fingerprint density at radius 3 is 2.29 bits per heavy atom. The lowest BCUT2D eigenvalue weighted by Crippen LogP contribution is -2.39. The first-order valence-electron chi connectivity index (χ1n) is 3.78. The molecule has 0 heterocycles. The van der Waals surface area contributed by atoms with Crippen LogP contribution in [0.1, 0.15) is 0 Å². The second-order valence-corrected chi connectivity index (χ2v) is 3.44. The zero-order chi connectivity index (χ0) is 10.6. The summed E-state index contributed by atoms with van der Waals surface area (Å²) in [5.74, 6) is -0.383. The zero-order valence-corrected chi connectivity index (χ0v) is 8.12. The van der Waals surface area contributed by atoms with Crippen molar-refractivity contribution in [2.45, 2.75) is 4.90 Å². The predicted octanol–water partition coefficient (Wildman–Crippen LogP) is 0.968. The van der Waals surface area contributed by atoms with Crippen molar-refractivity contribution in [3.63, 3.8) is 0 Å². The molecule has 6 heteroatoms. The molecule has 1 aromatic rings. The number of carbonyl (C=O) groups excluding carboxylic acids is 1. The molecule has 1 aromatic carbocycles. The van der Waals surface area contributed by atoms with Gasteiger partial charge in [-0.1, -0.05) is 18.2 Å². The fourth-order valence-corrected chi connectivity index (χ4v) is 1.48. The van der Waals surface area contributed by atoms with E-state index in [1.165, 1.54) is 0 Å². The van der Waals surface area contributed by atoms with Gasteiger partial charge in [-0.25, -0.2) is 9.10 Å².